The van der Waals surface area contributed by atoms with Crippen molar-refractivity contribution in [3.05, 3.63) is 18.6 Å². The predicted octanol–water partition coefficient (Wildman–Crippen LogP) is 3.74. The molecule has 1 radical (unpaired) electrons. The van der Waals surface area contributed by atoms with Crippen LogP contribution in [0.4, 0.5) is 0 Å². The predicted molar refractivity (Wildman–Crippen MR) is 50.3 cm³/mol. The first-order valence-electron chi connectivity index (χ1n) is 4.93. The molecule has 0 heteroatoms. The molecule has 1 aliphatic rings. The summed E-state index contributed by atoms with van der Waals surface area (Å²) < 4.78 is 0. The van der Waals surface area contributed by atoms with Crippen LogP contribution in [0.2, 0.25) is 0 Å². The lowest BCUT2D eigenvalue weighted by molar-refractivity contribution is 0.674. The molecule has 1 rings (SSSR count). The third-order valence-electron chi connectivity index (χ3n) is 2.12. The SMILES string of the molecule is CCCCCCC=CC1[CH]C1. The van der Waals surface area contributed by atoms with Gasteiger partial charge in [-0.1, -0.05) is 38.3 Å². The molecule has 11 heavy (non-hydrogen) atoms. The van der Waals surface area contributed by atoms with Crippen LogP contribution >= 0.6 is 0 Å². The van der Waals surface area contributed by atoms with Gasteiger partial charge in [0.15, 0.2) is 0 Å². The Labute approximate surface area is 70.7 Å². The van der Waals surface area contributed by atoms with Crippen molar-refractivity contribution < 1.29 is 0 Å². The van der Waals surface area contributed by atoms with E-state index in [-0.39, 0.29) is 0 Å². The van der Waals surface area contributed by atoms with Gasteiger partial charge in [-0.15, -0.1) is 0 Å². The second-order valence-corrected chi connectivity index (χ2v) is 3.41. The summed E-state index contributed by atoms with van der Waals surface area (Å²) in [6.07, 6.45) is 15.2. The first-order chi connectivity index (χ1) is 5.43. The summed E-state index contributed by atoms with van der Waals surface area (Å²) in [5.41, 5.74) is 0. The molecular formula is C11H19. The van der Waals surface area contributed by atoms with E-state index in [0.29, 0.717) is 0 Å². The van der Waals surface area contributed by atoms with Crippen LogP contribution in [-0.2, 0) is 0 Å². The van der Waals surface area contributed by atoms with Crippen molar-refractivity contribution in [2.24, 2.45) is 5.92 Å². The van der Waals surface area contributed by atoms with Gasteiger partial charge in [-0.25, -0.2) is 0 Å². The third-order valence-corrected chi connectivity index (χ3v) is 2.12. The lowest BCUT2D eigenvalue weighted by Gasteiger charge is -1.93. The van der Waals surface area contributed by atoms with Crippen LogP contribution in [0.25, 0.3) is 0 Å². The Bertz CT molecular complexity index is 109. The van der Waals surface area contributed by atoms with E-state index in [1.54, 1.807) is 0 Å². The van der Waals surface area contributed by atoms with Gasteiger partial charge in [0.25, 0.3) is 0 Å². The van der Waals surface area contributed by atoms with E-state index in [4.69, 9.17) is 0 Å². The molecule has 0 amide bonds. The molecule has 0 N–H and O–H groups in total. The van der Waals surface area contributed by atoms with Crippen molar-refractivity contribution in [2.45, 2.75) is 45.4 Å². The second-order valence-electron chi connectivity index (χ2n) is 3.41. The fourth-order valence-corrected chi connectivity index (χ4v) is 1.20. The van der Waals surface area contributed by atoms with Gasteiger partial charge in [0.05, 0.1) is 0 Å². The van der Waals surface area contributed by atoms with Crippen LogP contribution in [0.15, 0.2) is 12.2 Å². The molecule has 0 nitrogen and oxygen atoms in total. The van der Waals surface area contributed by atoms with E-state index < -0.39 is 0 Å². The van der Waals surface area contributed by atoms with Gasteiger partial charge in [0, 0.05) is 0 Å². The second kappa shape index (κ2) is 5.40. The van der Waals surface area contributed by atoms with Gasteiger partial charge in [-0.2, -0.15) is 0 Å². The summed E-state index contributed by atoms with van der Waals surface area (Å²) in [5, 5.41) is 0. The number of allylic oxidation sites excluding steroid dienone is 2. The number of hydrogen-bond acceptors (Lipinski definition) is 0. The molecule has 0 aromatic rings. The molecule has 0 aromatic heterocycles. The summed E-state index contributed by atoms with van der Waals surface area (Å²) in [6, 6.07) is 0. The van der Waals surface area contributed by atoms with Crippen LogP contribution in [0, 0.1) is 12.3 Å². The molecule has 0 spiro atoms. The van der Waals surface area contributed by atoms with Crippen molar-refractivity contribution in [2.75, 3.05) is 0 Å². The molecule has 63 valence electrons. The maximum atomic E-state index is 2.35. The Morgan fingerprint density at radius 1 is 1.36 bits per heavy atom. The van der Waals surface area contributed by atoms with Crippen LogP contribution in [0.5, 0.6) is 0 Å². The molecule has 1 aliphatic carbocycles. The Kier molecular flexibility index (Phi) is 4.33. The average molecular weight is 151 g/mol. The molecule has 0 aliphatic heterocycles. The first kappa shape index (κ1) is 8.83. The smallest absolute Gasteiger partial charge is 0.0199 e. The summed E-state index contributed by atoms with van der Waals surface area (Å²) >= 11 is 0. The minimum absolute atomic E-state index is 0.848. The minimum atomic E-state index is 0.848. The normalized spacial score (nSPS) is 17.9. The third kappa shape index (κ3) is 5.06. The van der Waals surface area contributed by atoms with Crippen LogP contribution in [-0.4, -0.2) is 0 Å². The van der Waals surface area contributed by atoms with Crippen molar-refractivity contribution >= 4 is 0 Å². The van der Waals surface area contributed by atoms with Gasteiger partial charge >= 0.3 is 0 Å². The van der Waals surface area contributed by atoms with Crippen molar-refractivity contribution in [3.8, 4) is 0 Å². The van der Waals surface area contributed by atoms with Crippen molar-refractivity contribution in [1.29, 1.82) is 0 Å². The standard InChI is InChI=1S/C11H19/c1-2-3-4-5-6-7-8-11-9-10-11/h7-9,11H,2-6,10H2,1H3. The highest BCUT2D eigenvalue weighted by Crippen LogP contribution is 2.28. The maximum Gasteiger partial charge on any atom is -0.0199 e. The lowest BCUT2D eigenvalue weighted by Crippen LogP contribution is -1.73. The summed E-state index contributed by atoms with van der Waals surface area (Å²) in [6.45, 7) is 2.26. The molecule has 1 fully saturated rings. The highest BCUT2D eigenvalue weighted by Gasteiger charge is 2.16. The van der Waals surface area contributed by atoms with Crippen LogP contribution < -0.4 is 0 Å². The largest absolute Gasteiger partial charge is 0.0882 e. The molecular weight excluding hydrogens is 132 g/mol. The number of hydrogen-bond donors (Lipinski definition) is 0. The molecule has 1 unspecified atom stereocenters. The topological polar surface area (TPSA) is 0 Å². The molecule has 0 aromatic carbocycles. The van der Waals surface area contributed by atoms with Crippen molar-refractivity contribution in [1.82, 2.24) is 0 Å². The first-order valence-corrected chi connectivity index (χ1v) is 4.93. The van der Waals surface area contributed by atoms with Crippen molar-refractivity contribution in [3.63, 3.8) is 0 Å². The Morgan fingerprint density at radius 2 is 2.18 bits per heavy atom. The summed E-state index contributed by atoms with van der Waals surface area (Å²) in [4.78, 5) is 0. The van der Waals surface area contributed by atoms with Gasteiger partial charge < -0.3 is 0 Å². The average Bonchev–Trinajstić information content (AvgIpc) is 2.80. The maximum absolute atomic E-state index is 2.35. The monoisotopic (exact) mass is 151 g/mol. The highest BCUT2D eigenvalue weighted by atomic mass is 14.2. The zero-order valence-electron chi connectivity index (χ0n) is 7.55. The van der Waals surface area contributed by atoms with Crippen LogP contribution in [0.3, 0.4) is 0 Å². The zero-order valence-corrected chi connectivity index (χ0v) is 7.55. The summed E-state index contributed by atoms with van der Waals surface area (Å²) in [7, 11) is 0. The fourth-order valence-electron chi connectivity index (χ4n) is 1.20. The Balaban J connectivity index is 1.79. The van der Waals surface area contributed by atoms with Crippen LogP contribution in [0.1, 0.15) is 45.4 Å². The van der Waals surface area contributed by atoms with Gasteiger partial charge in [0.1, 0.15) is 0 Å². The van der Waals surface area contributed by atoms with E-state index in [9.17, 15) is 0 Å². The van der Waals surface area contributed by atoms with E-state index in [1.165, 1.54) is 38.5 Å². The van der Waals surface area contributed by atoms with E-state index in [2.05, 4.69) is 25.5 Å². The molecule has 1 atom stereocenters. The molecule has 0 saturated heterocycles. The molecule has 0 heterocycles. The number of unbranched alkanes of at least 4 members (excludes halogenated alkanes) is 4. The van der Waals surface area contributed by atoms with E-state index >= 15 is 0 Å². The van der Waals surface area contributed by atoms with Gasteiger partial charge in [0.2, 0.25) is 0 Å². The highest BCUT2D eigenvalue weighted by molar-refractivity contribution is 5.08. The summed E-state index contributed by atoms with van der Waals surface area (Å²) in [5.74, 6) is 0.848. The Morgan fingerprint density at radius 3 is 2.82 bits per heavy atom. The fraction of sp³-hybridized carbons (Fsp3) is 0.727. The zero-order chi connectivity index (χ0) is 7.94. The van der Waals surface area contributed by atoms with Gasteiger partial charge in [-0.3, -0.25) is 0 Å². The quantitative estimate of drug-likeness (QED) is 0.401. The molecule has 0 bridgehead atoms. The Hall–Kier alpha value is -0.260. The van der Waals surface area contributed by atoms with E-state index in [1.807, 2.05) is 0 Å². The molecule has 1 saturated carbocycles. The van der Waals surface area contributed by atoms with E-state index in [0.717, 1.165) is 5.92 Å². The van der Waals surface area contributed by atoms with Gasteiger partial charge in [-0.05, 0) is 31.6 Å². The number of rotatable bonds is 6. The lowest BCUT2D eigenvalue weighted by atomic mass is 10.1. The minimum Gasteiger partial charge on any atom is -0.0882 e.